The van der Waals surface area contributed by atoms with Gasteiger partial charge in [-0.05, 0) is 24.5 Å². The maximum atomic E-state index is 9.48. The van der Waals surface area contributed by atoms with Gasteiger partial charge in [0.2, 0.25) is 0 Å². The third-order valence-electron chi connectivity index (χ3n) is 3.18. The predicted molar refractivity (Wildman–Crippen MR) is 84.3 cm³/mol. The molecule has 0 atom stereocenters. The van der Waals surface area contributed by atoms with E-state index in [1.54, 1.807) is 6.26 Å². The number of para-hydroxylation sites is 1. The second-order valence-corrected chi connectivity index (χ2v) is 5.23. The number of hydrogen-bond donors (Lipinski definition) is 1. The fourth-order valence-electron chi connectivity index (χ4n) is 2.21. The van der Waals surface area contributed by atoms with E-state index < -0.39 is 0 Å². The average Bonchev–Trinajstić information content (AvgIpc) is 3.04. The molecule has 4 nitrogen and oxygen atoms in total. The summed E-state index contributed by atoms with van der Waals surface area (Å²) in [6.07, 6.45) is 3.56. The molecule has 0 unspecified atom stereocenters. The third-order valence-corrected chi connectivity index (χ3v) is 3.87. The highest BCUT2D eigenvalue weighted by Crippen LogP contribution is 2.32. The number of anilines is 1. The van der Waals surface area contributed by atoms with Crippen molar-refractivity contribution in [3.8, 4) is 6.07 Å². The lowest BCUT2D eigenvalue weighted by atomic mass is 10.1. The molecule has 3 aromatic rings. The summed E-state index contributed by atoms with van der Waals surface area (Å²) in [5, 5.41) is 14.5. The van der Waals surface area contributed by atoms with E-state index in [1.807, 2.05) is 42.7 Å². The van der Waals surface area contributed by atoms with E-state index in [2.05, 4.69) is 16.4 Å². The van der Waals surface area contributed by atoms with Crippen molar-refractivity contribution >= 4 is 28.4 Å². The minimum atomic E-state index is 0.531. The van der Waals surface area contributed by atoms with Gasteiger partial charge in [0.25, 0.3) is 0 Å². The minimum Gasteiger partial charge on any atom is -0.467 e. The first-order chi connectivity index (χ1) is 10.3. The molecule has 5 heteroatoms. The van der Waals surface area contributed by atoms with Crippen LogP contribution in [0.1, 0.15) is 11.3 Å². The molecule has 0 aliphatic heterocycles. The van der Waals surface area contributed by atoms with Crippen LogP contribution in [0.4, 0.5) is 5.69 Å². The van der Waals surface area contributed by atoms with Crippen molar-refractivity contribution in [3.05, 3.63) is 54.0 Å². The van der Waals surface area contributed by atoms with E-state index in [0.717, 1.165) is 27.4 Å². The van der Waals surface area contributed by atoms with Gasteiger partial charge in [0, 0.05) is 5.39 Å². The Morgan fingerprint density at radius 1 is 1.29 bits per heavy atom. The van der Waals surface area contributed by atoms with Gasteiger partial charge in [-0.3, -0.25) is 0 Å². The van der Waals surface area contributed by atoms with Crippen LogP contribution in [0, 0.1) is 11.3 Å². The number of benzene rings is 1. The fraction of sp³-hybridized carbons (Fsp3) is 0.125. The molecular weight excluding hydrogens is 282 g/mol. The zero-order chi connectivity index (χ0) is 14.7. The van der Waals surface area contributed by atoms with E-state index in [0.29, 0.717) is 12.1 Å². The van der Waals surface area contributed by atoms with E-state index in [4.69, 9.17) is 4.42 Å². The second-order valence-electron chi connectivity index (χ2n) is 4.43. The number of rotatable bonds is 4. The molecule has 1 aromatic carbocycles. The van der Waals surface area contributed by atoms with Crippen LogP contribution in [0.15, 0.2) is 52.1 Å². The SMILES string of the molecule is CSc1nc2ccccc2c(NCc2ccco2)c1C#N. The molecule has 104 valence electrons. The first kappa shape index (κ1) is 13.5. The number of thioether (sulfide) groups is 1. The Balaban J connectivity index is 2.11. The summed E-state index contributed by atoms with van der Waals surface area (Å²) in [5.41, 5.74) is 2.26. The smallest absolute Gasteiger partial charge is 0.122 e. The summed E-state index contributed by atoms with van der Waals surface area (Å²) in [6, 6.07) is 13.8. The Labute approximate surface area is 126 Å². The third kappa shape index (κ3) is 2.58. The quantitative estimate of drug-likeness (QED) is 0.736. The van der Waals surface area contributed by atoms with Crippen molar-refractivity contribution < 1.29 is 4.42 Å². The number of furan rings is 1. The van der Waals surface area contributed by atoms with E-state index in [-0.39, 0.29) is 0 Å². The molecule has 2 heterocycles. The number of nitrogens with one attached hydrogen (secondary N) is 1. The Bertz CT molecular complexity index is 806. The molecule has 0 aliphatic carbocycles. The van der Waals surface area contributed by atoms with Crippen LogP contribution in [-0.2, 0) is 6.54 Å². The van der Waals surface area contributed by atoms with Crippen LogP contribution in [0.5, 0.6) is 0 Å². The largest absolute Gasteiger partial charge is 0.467 e. The highest BCUT2D eigenvalue weighted by Gasteiger charge is 2.14. The predicted octanol–water partition coefficient (Wildman–Crippen LogP) is 4.03. The topological polar surface area (TPSA) is 61.9 Å². The van der Waals surface area contributed by atoms with E-state index in [1.165, 1.54) is 11.8 Å². The molecule has 0 bridgehead atoms. The molecule has 0 fully saturated rings. The number of nitriles is 1. The summed E-state index contributed by atoms with van der Waals surface area (Å²) in [4.78, 5) is 4.55. The summed E-state index contributed by atoms with van der Waals surface area (Å²) >= 11 is 1.48. The Morgan fingerprint density at radius 3 is 2.86 bits per heavy atom. The molecule has 0 aliphatic rings. The van der Waals surface area contributed by atoms with Crippen LogP contribution >= 0.6 is 11.8 Å². The first-order valence-corrected chi connectivity index (χ1v) is 7.69. The van der Waals surface area contributed by atoms with Gasteiger partial charge in [-0.25, -0.2) is 4.98 Å². The van der Waals surface area contributed by atoms with Crippen LogP contribution in [0.25, 0.3) is 10.9 Å². The Hall–Kier alpha value is -2.45. The van der Waals surface area contributed by atoms with Crippen molar-refractivity contribution in [1.82, 2.24) is 4.98 Å². The lowest BCUT2D eigenvalue weighted by Crippen LogP contribution is -2.03. The molecular formula is C16H13N3OS. The van der Waals surface area contributed by atoms with Crippen molar-refractivity contribution in [2.45, 2.75) is 11.6 Å². The van der Waals surface area contributed by atoms with Crippen molar-refractivity contribution in [1.29, 1.82) is 5.26 Å². The fourth-order valence-corrected chi connectivity index (χ4v) is 2.75. The van der Waals surface area contributed by atoms with Gasteiger partial charge in [-0.1, -0.05) is 18.2 Å². The van der Waals surface area contributed by atoms with Gasteiger partial charge in [0.1, 0.15) is 22.4 Å². The molecule has 21 heavy (non-hydrogen) atoms. The number of nitrogens with zero attached hydrogens (tertiary/aromatic N) is 2. The number of aromatic nitrogens is 1. The first-order valence-electron chi connectivity index (χ1n) is 6.46. The normalized spacial score (nSPS) is 10.5. The number of fused-ring (bicyclic) bond motifs is 1. The van der Waals surface area contributed by atoms with Crippen molar-refractivity contribution in [2.24, 2.45) is 0 Å². The van der Waals surface area contributed by atoms with Gasteiger partial charge in [-0.2, -0.15) is 5.26 Å². The number of hydrogen-bond acceptors (Lipinski definition) is 5. The Kier molecular flexibility index (Phi) is 3.80. The maximum Gasteiger partial charge on any atom is 0.122 e. The van der Waals surface area contributed by atoms with Crippen molar-refractivity contribution in [3.63, 3.8) is 0 Å². The number of pyridine rings is 1. The zero-order valence-corrected chi connectivity index (χ0v) is 12.3. The maximum absolute atomic E-state index is 9.48. The molecule has 0 radical (unpaired) electrons. The van der Waals surface area contributed by atoms with Gasteiger partial charge >= 0.3 is 0 Å². The molecule has 0 saturated carbocycles. The molecule has 0 amide bonds. The summed E-state index contributed by atoms with van der Waals surface area (Å²) in [7, 11) is 0. The van der Waals surface area contributed by atoms with Crippen LogP contribution in [-0.4, -0.2) is 11.2 Å². The average molecular weight is 295 g/mol. The highest BCUT2D eigenvalue weighted by atomic mass is 32.2. The second kappa shape index (κ2) is 5.90. The van der Waals surface area contributed by atoms with E-state index >= 15 is 0 Å². The van der Waals surface area contributed by atoms with Crippen molar-refractivity contribution in [2.75, 3.05) is 11.6 Å². The lowest BCUT2D eigenvalue weighted by molar-refractivity contribution is 0.518. The van der Waals surface area contributed by atoms with Crippen LogP contribution in [0.2, 0.25) is 0 Å². The molecule has 0 saturated heterocycles. The summed E-state index contributed by atoms with van der Waals surface area (Å²) in [5.74, 6) is 0.825. The van der Waals surface area contributed by atoms with Gasteiger partial charge < -0.3 is 9.73 Å². The molecule has 0 spiro atoms. The van der Waals surface area contributed by atoms with Gasteiger partial charge in [-0.15, -0.1) is 11.8 Å². The van der Waals surface area contributed by atoms with Crippen LogP contribution < -0.4 is 5.32 Å². The summed E-state index contributed by atoms with van der Waals surface area (Å²) in [6.45, 7) is 0.531. The zero-order valence-electron chi connectivity index (χ0n) is 11.5. The molecule has 2 aromatic heterocycles. The monoisotopic (exact) mass is 295 g/mol. The van der Waals surface area contributed by atoms with E-state index in [9.17, 15) is 5.26 Å². The van der Waals surface area contributed by atoms with Crippen LogP contribution in [0.3, 0.4) is 0 Å². The standard InChI is InChI=1S/C16H13N3OS/c1-21-16-13(9-17)15(18-10-11-5-4-8-20-11)12-6-2-3-7-14(12)19-16/h2-8H,10H2,1H3,(H,18,19). The Morgan fingerprint density at radius 2 is 2.14 bits per heavy atom. The lowest BCUT2D eigenvalue weighted by Gasteiger charge is -2.13. The highest BCUT2D eigenvalue weighted by molar-refractivity contribution is 7.98. The summed E-state index contributed by atoms with van der Waals surface area (Å²) < 4.78 is 5.33. The minimum absolute atomic E-state index is 0.531. The molecule has 1 N–H and O–H groups in total. The van der Waals surface area contributed by atoms with Gasteiger partial charge in [0.15, 0.2) is 0 Å². The van der Waals surface area contributed by atoms with Gasteiger partial charge in [0.05, 0.1) is 24.0 Å². The molecule has 3 rings (SSSR count).